The van der Waals surface area contributed by atoms with Gasteiger partial charge in [-0.1, -0.05) is 0 Å². The number of nitrogens with zero attached hydrogens (tertiary/aromatic N) is 1. The Hall–Kier alpha value is -1.10. The fourth-order valence-corrected chi connectivity index (χ4v) is 0.428. The van der Waals surface area contributed by atoms with Gasteiger partial charge < -0.3 is 16.6 Å². The third kappa shape index (κ3) is 5.04. The van der Waals surface area contributed by atoms with E-state index in [0.29, 0.717) is 0 Å². The van der Waals surface area contributed by atoms with Crippen molar-refractivity contribution >= 4 is 11.7 Å². The van der Waals surface area contributed by atoms with Crippen LogP contribution in [0.3, 0.4) is 0 Å². The van der Waals surface area contributed by atoms with Crippen molar-refractivity contribution in [1.29, 1.82) is 0 Å². The topological polar surface area (TPSA) is 102 Å². The van der Waals surface area contributed by atoms with Crippen LogP contribution in [0, 0.1) is 0 Å². The lowest BCUT2D eigenvalue weighted by atomic mass is 10.4. The molecule has 0 aromatic carbocycles. The van der Waals surface area contributed by atoms with Gasteiger partial charge in [0.2, 0.25) is 5.91 Å². The number of hydrogen-bond acceptors (Lipinski definition) is 3. The predicted octanol–water partition coefficient (Wildman–Crippen LogP) is -1.79. The van der Waals surface area contributed by atoms with Crippen LogP contribution in [0.5, 0.6) is 0 Å². The first-order chi connectivity index (χ1) is 4.66. The van der Waals surface area contributed by atoms with Crippen molar-refractivity contribution in [1.82, 2.24) is 0 Å². The van der Waals surface area contributed by atoms with Crippen LogP contribution in [0.4, 0.5) is 0 Å². The van der Waals surface area contributed by atoms with Crippen LogP contribution in [0.15, 0.2) is 4.99 Å². The highest BCUT2D eigenvalue weighted by Gasteiger charge is 1.96. The summed E-state index contributed by atoms with van der Waals surface area (Å²) in [5.41, 5.74) is 10.0. The third-order valence-electron chi connectivity index (χ3n) is 0.770. The van der Waals surface area contributed by atoms with Crippen LogP contribution in [0.1, 0.15) is 6.42 Å². The average molecular weight is 145 g/mol. The number of hydrogen-bond donors (Lipinski definition) is 3. The van der Waals surface area contributed by atoms with Crippen LogP contribution in [-0.2, 0) is 4.79 Å². The molecule has 0 unspecified atom stereocenters. The van der Waals surface area contributed by atoms with Crippen LogP contribution in [-0.4, -0.2) is 30.0 Å². The van der Waals surface area contributed by atoms with Crippen LogP contribution in [0.25, 0.3) is 0 Å². The molecule has 0 aliphatic rings. The van der Waals surface area contributed by atoms with Crippen molar-refractivity contribution in [3.05, 3.63) is 0 Å². The van der Waals surface area contributed by atoms with Gasteiger partial charge in [-0.2, -0.15) is 0 Å². The minimum absolute atomic E-state index is 0.0417. The first-order valence-corrected chi connectivity index (χ1v) is 2.84. The van der Waals surface area contributed by atoms with E-state index in [0.717, 1.165) is 0 Å². The number of aliphatic imine (C=N–C) groups is 1. The van der Waals surface area contributed by atoms with Gasteiger partial charge in [-0.25, -0.2) is 0 Å². The molecule has 58 valence electrons. The second-order valence-corrected chi connectivity index (χ2v) is 1.74. The SMILES string of the molecule is NC(=O)CC(N)=NCCO. The predicted molar refractivity (Wildman–Crippen MR) is 37.4 cm³/mol. The van der Waals surface area contributed by atoms with Crippen molar-refractivity contribution in [3.63, 3.8) is 0 Å². The number of nitrogens with two attached hydrogens (primary N) is 2. The molecule has 0 fully saturated rings. The Morgan fingerprint density at radius 1 is 1.50 bits per heavy atom. The molecule has 0 saturated heterocycles. The molecule has 0 rings (SSSR count). The number of aliphatic hydroxyl groups excluding tert-OH is 1. The molecule has 0 atom stereocenters. The highest BCUT2D eigenvalue weighted by Crippen LogP contribution is 1.78. The molecule has 0 saturated carbocycles. The Balaban J connectivity index is 3.59. The maximum absolute atomic E-state index is 10.2. The molecule has 10 heavy (non-hydrogen) atoms. The minimum atomic E-state index is -0.515. The second kappa shape index (κ2) is 4.75. The monoisotopic (exact) mass is 145 g/mol. The number of carbonyl (C=O) groups excluding carboxylic acids is 1. The number of carbonyl (C=O) groups is 1. The number of amides is 1. The smallest absolute Gasteiger partial charge is 0.224 e. The fourth-order valence-electron chi connectivity index (χ4n) is 0.428. The van der Waals surface area contributed by atoms with Crippen LogP contribution >= 0.6 is 0 Å². The zero-order valence-corrected chi connectivity index (χ0v) is 5.58. The Bertz CT molecular complexity index is 144. The molecule has 5 heteroatoms. The van der Waals surface area contributed by atoms with Crippen LogP contribution in [0.2, 0.25) is 0 Å². The molecule has 0 bridgehead atoms. The van der Waals surface area contributed by atoms with Gasteiger partial charge >= 0.3 is 0 Å². The highest BCUT2D eigenvalue weighted by atomic mass is 16.3. The normalized spacial score (nSPS) is 11.5. The second-order valence-electron chi connectivity index (χ2n) is 1.74. The zero-order chi connectivity index (χ0) is 7.98. The molecule has 0 heterocycles. The molecule has 0 aliphatic carbocycles. The third-order valence-corrected chi connectivity index (χ3v) is 0.770. The summed E-state index contributed by atoms with van der Waals surface area (Å²) < 4.78 is 0. The number of rotatable bonds is 4. The lowest BCUT2D eigenvalue weighted by Gasteiger charge is -1.94. The van der Waals surface area contributed by atoms with Crippen molar-refractivity contribution in [2.45, 2.75) is 6.42 Å². The summed E-state index contributed by atoms with van der Waals surface area (Å²) >= 11 is 0. The van der Waals surface area contributed by atoms with E-state index in [1.807, 2.05) is 0 Å². The Labute approximate surface area is 58.7 Å². The van der Waals surface area contributed by atoms with E-state index in [9.17, 15) is 4.79 Å². The van der Waals surface area contributed by atoms with Gasteiger partial charge in [0, 0.05) is 0 Å². The van der Waals surface area contributed by atoms with Crippen molar-refractivity contribution in [2.75, 3.05) is 13.2 Å². The van der Waals surface area contributed by atoms with Gasteiger partial charge in [0.1, 0.15) is 5.84 Å². The molecule has 1 amide bonds. The molecule has 0 aromatic rings. The van der Waals surface area contributed by atoms with Gasteiger partial charge in [0.25, 0.3) is 0 Å². The van der Waals surface area contributed by atoms with E-state index >= 15 is 0 Å². The number of aliphatic hydroxyl groups is 1. The molecule has 0 aliphatic heterocycles. The first kappa shape index (κ1) is 8.90. The Morgan fingerprint density at radius 3 is 2.50 bits per heavy atom. The maximum atomic E-state index is 10.2. The molecular formula is C5H11N3O2. The maximum Gasteiger partial charge on any atom is 0.224 e. The molecular weight excluding hydrogens is 134 g/mol. The van der Waals surface area contributed by atoms with Gasteiger partial charge in [0.05, 0.1) is 19.6 Å². The summed E-state index contributed by atoms with van der Waals surface area (Å²) in [6, 6.07) is 0. The molecule has 0 aromatic heterocycles. The average Bonchev–Trinajstić information content (AvgIpc) is 1.82. The summed E-state index contributed by atoms with van der Waals surface area (Å²) in [6.45, 7) is 0.151. The van der Waals surface area contributed by atoms with Gasteiger partial charge in [-0.15, -0.1) is 0 Å². The molecule has 5 nitrogen and oxygen atoms in total. The number of amidine groups is 1. The molecule has 0 radical (unpaired) electrons. The molecule has 5 N–H and O–H groups in total. The summed E-state index contributed by atoms with van der Waals surface area (Å²) in [7, 11) is 0. The zero-order valence-electron chi connectivity index (χ0n) is 5.58. The van der Waals surface area contributed by atoms with Gasteiger partial charge in [-0.05, 0) is 0 Å². The summed E-state index contributed by atoms with van der Waals surface area (Å²) in [6.07, 6.45) is -0.0417. The fraction of sp³-hybridized carbons (Fsp3) is 0.600. The van der Waals surface area contributed by atoms with E-state index in [-0.39, 0.29) is 25.4 Å². The Kier molecular flexibility index (Phi) is 4.23. The van der Waals surface area contributed by atoms with Gasteiger partial charge in [-0.3, -0.25) is 9.79 Å². The summed E-state index contributed by atoms with van der Waals surface area (Å²) in [4.78, 5) is 13.8. The van der Waals surface area contributed by atoms with E-state index in [2.05, 4.69) is 4.99 Å². The van der Waals surface area contributed by atoms with E-state index in [4.69, 9.17) is 16.6 Å². The molecule has 0 spiro atoms. The summed E-state index contributed by atoms with van der Waals surface area (Å²) in [5, 5.41) is 8.27. The van der Waals surface area contributed by atoms with Crippen LogP contribution < -0.4 is 11.5 Å². The lowest BCUT2D eigenvalue weighted by molar-refractivity contribution is -0.116. The standard InChI is InChI=1S/C5H11N3O2/c6-4(3-5(7)10)8-1-2-9/h9H,1-3H2,(H2,6,8)(H2,7,10). The van der Waals surface area contributed by atoms with Gasteiger partial charge in [0.15, 0.2) is 0 Å². The van der Waals surface area contributed by atoms with E-state index < -0.39 is 5.91 Å². The lowest BCUT2D eigenvalue weighted by Crippen LogP contribution is -2.22. The first-order valence-electron chi connectivity index (χ1n) is 2.84. The summed E-state index contributed by atoms with van der Waals surface area (Å²) in [5.74, 6) is -0.347. The van der Waals surface area contributed by atoms with Crippen molar-refractivity contribution in [2.24, 2.45) is 16.5 Å². The largest absolute Gasteiger partial charge is 0.394 e. The van der Waals surface area contributed by atoms with Crippen molar-refractivity contribution < 1.29 is 9.90 Å². The Morgan fingerprint density at radius 2 is 2.10 bits per heavy atom. The minimum Gasteiger partial charge on any atom is -0.394 e. The highest BCUT2D eigenvalue weighted by molar-refractivity contribution is 5.98. The quantitative estimate of drug-likeness (QED) is 0.321. The van der Waals surface area contributed by atoms with E-state index in [1.54, 1.807) is 0 Å². The van der Waals surface area contributed by atoms with E-state index in [1.165, 1.54) is 0 Å². The van der Waals surface area contributed by atoms with Crippen molar-refractivity contribution in [3.8, 4) is 0 Å². The number of primary amides is 1.